The SMILES string of the molecule is CC(=O)N1CCN(c2ccc(-c3nc4c(C(C)Nc5ccc(Cl)nc5C(=O)NS(C)(=O)=O)cc(C)cc4c(=O)n3C)cc2F)CC1. The summed E-state index contributed by atoms with van der Waals surface area (Å²) in [5.74, 6) is -1.20. The minimum Gasteiger partial charge on any atom is -0.377 e. The molecule has 2 N–H and O–H groups in total. The summed E-state index contributed by atoms with van der Waals surface area (Å²) in [4.78, 5) is 50.5. The van der Waals surface area contributed by atoms with E-state index in [-0.39, 0.29) is 33.8 Å². The topological polar surface area (TPSA) is 147 Å². The number of hydrogen-bond acceptors (Lipinski definition) is 9. The molecule has 12 nitrogen and oxygen atoms in total. The Bertz CT molecular complexity index is 2050. The molecular weight excluding hydrogens is 637 g/mol. The first-order chi connectivity index (χ1) is 21.6. The number of rotatable bonds is 7. The standard InChI is InChI=1S/C31H33ClFN7O5S/c1-17-14-21(18(2)34-24-7-9-26(32)35-28(24)30(42)37-46(5,44)45)27-22(15-17)31(43)38(4)29(36-27)20-6-8-25(23(33)16-20)40-12-10-39(11-13-40)19(3)41/h6-9,14-16,18,34H,10-13H2,1-5H3,(H,37,42). The van der Waals surface area contributed by atoms with Crippen LogP contribution in [0.3, 0.4) is 0 Å². The number of aromatic nitrogens is 3. The molecule has 0 saturated carbocycles. The average molecular weight is 670 g/mol. The lowest BCUT2D eigenvalue weighted by molar-refractivity contribution is -0.129. The first kappa shape index (κ1) is 32.8. The van der Waals surface area contributed by atoms with Crippen molar-refractivity contribution >= 4 is 55.7 Å². The molecule has 2 amide bonds. The highest BCUT2D eigenvalue weighted by molar-refractivity contribution is 7.89. The molecule has 1 aliphatic heterocycles. The van der Waals surface area contributed by atoms with E-state index in [4.69, 9.17) is 16.6 Å². The van der Waals surface area contributed by atoms with Gasteiger partial charge in [0, 0.05) is 51.3 Å². The second kappa shape index (κ2) is 12.7. The van der Waals surface area contributed by atoms with Gasteiger partial charge in [0.25, 0.3) is 11.5 Å². The van der Waals surface area contributed by atoms with Crippen molar-refractivity contribution in [3.05, 3.63) is 80.6 Å². The van der Waals surface area contributed by atoms with Gasteiger partial charge in [-0.1, -0.05) is 17.7 Å². The predicted molar refractivity (Wildman–Crippen MR) is 175 cm³/mol. The van der Waals surface area contributed by atoms with Crippen molar-refractivity contribution in [3.8, 4) is 11.4 Å². The molecule has 1 atom stereocenters. The number of benzene rings is 2. The molecule has 0 bridgehead atoms. The number of piperazine rings is 1. The fourth-order valence-corrected chi connectivity index (χ4v) is 6.14. The fourth-order valence-electron chi connectivity index (χ4n) is 5.56. The van der Waals surface area contributed by atoms with Crippen LogP contribution in [0.25, 0.3) is 22.3 Å². The van der Waals surface area contributed by atoms with Crippen molar-refractivity contribution < 1.29 is 22.4 Å². The van der Waals surface area contributed by atoms with E-state index in [0.717, 1.165) is 11.8 Å². The lowest BCUT2D eigenvalue weighted by Gasteiger charge is -2.35. The Hall–Kier alpha value is -4.56. The van der Waals surface area contributed by atoms with Gasteiger partial charge in [-0.2, -0.15) is 0 Å². The van der Waals surface area contributed by atoms with Crippen LogP contribution in [0.5, 0.6) is 0 Å². The van der Waals surface area contributed by atoms with Gasteiger partial charge in [-0.3, -0.25) is 19.0 Å². The first-order valence-electron chi connectivity index (χ1n) is 14.4. The van der Waals surface area contributed by atoms with Crippen molar-refractivity contribution in [1.82, 2.24) is 24.2 Å². The summed E-state index contributed by atoms with van der Waals surface area (Å²) in [5, 5.41) is 3.52. The van der Waals surface area contributed by atoms with Crippen molar-refractivity contribution in [2.75, 3.05) is 42.7 Å². The summed E-state index contributed by atoms with van der Waals surface area (Å²) in [5.41, 5.74) is 2.22. The molecule has 242 valence electrons. The van der Waals surface area contributed by atoms with Gasteiger partial charge in [0.15, 0.2) is 5.69 Å². The quantitative estimate of drug-likeness (QED) is 0.282. The minimum absolute atomic E-state index is 0.00997. The van der Waals surface area contributed by atoms with Crippen molar-refractivity contribution in [1.29, 1.82) is 0 Å². The molecule has 3 heterocycles. The van der Waals surface area contributed by atoms with E-state index in [0.29, 0.717) is 53.9 Å². The number of anilines is 2. The molecule has 1 fully saturated rings. The third kappa shape index (κ3) is 6.82. The number of fused-ring (bicyclic) bond motifs is 1. The van der Waals surface area contributed by atoms with Gasteiger partial charge in [0.05, 0.1) is 34.6 Å². The number of nitrogens with zero attached hydrogens (tertiary/aromatic N) is 5. The van der Waals surface area contributed by atoms with Crippen LogP contribution in [0.2, 0.25) is 5.15 Å². The molecule has 4 aromatic rings. The third-order valence-electron chi connectivity index (χ3n) is 7.82. The Morgan fingerprint density at radius 1 is 1.04 bits per heavy atom. The summed E-state index contributed by atoms with van der Waals surface area (Å²) in [6.45, 7) is 7.14. The number of hydrogen-bond donors (Lipinski definition) is 2. The first-order valence-corrected chi connectivity index (χ1v) is 16.7. The molecule has 0 radical (unpaired) electrons. The number of pyridine rings is 1. The lowest BCUT2D eigenvalue weighted by atomic mass is 10.0. The van der Waals surface area contributed by atoms with Gasteiger partial charge >= 0.3 is 0 Å². The van der Waals surface area contributed by atoms with E-state index in [9.17, 15) is 22.8 Å². The fraction of sp³-hybridized carbons (Fsp3) is 0.323. The van der Waals surface area contributed by atoms with E-state index in [1.54, 1.807) is 37.1 Å². The second-order valence-corrected chi connectivity index (χ2v) is 13.4. The predicted octanol–water partition coefficient (Wildman–Crippen LogP) is 3.63. The van der Waals surface area contributed by atoms with Gasteiger partial charge < -0.3 is 15.1 Å². The van der Waals surface area contributed by atoms with Crippen LogP contribution in [0.15, 0.2) is 47.3 Å². The summed E-state index contributed by atoms with van der Waals surface area (Å²) in [6, 6.07) is 10.7. The average Bonchev–Trinajstić information content (AvgIpc) is 2.98. The maximum absolute atomic E-state index is 15.5. The van der Waals surface area contributed by atoms with E-state index < -0.39 is 27.8 Å². The Morgan fingerprint density at radius 2 is 1.74 bits per heavy atom. The number of halogens is 2. The Kier molecular flexibility index (Phi) is 9.05. The molecule has 1 saturated heterocycles. The Labute approximate surface area is 270 Å². The van der Waals surface area contributed by atoms with Gasteiger partial charge in [0.1, 0.15) is 16.8 Å². The largest absolute Gasteiger partial charge is 0.377 e. The third-order valence-corrected chi connectivity index (χ3v) is 8.59. The Morgan fingerprint density at radius 3 is 2.37 bits per heavy atom. The van der Waals surface area contributed by atoms with Crippen LogP contribution >= 0.6 is 11.6 Å². The zero-order valence-electron chi connectivity index (χ0n) is 25.9. The zero-order chi connectivity index (χ0) is 33.5. The molecule has 2 aromatic carbocycles. The highest BCUT2D eigenvalue weighted by Gasteiger charge is 2.24. The minimum atomic E-state index is -3.87. The van der Waals surface area contributed by atoms with Crippen LogP contribution in [-0.2, 0) is 21.9 Å². The molecule has 0 spiro atoms. The van der Waals surface area contributed by atoms with Crippen LogP contribution in [0, 0.1) is 12.7 Å². The van der Waals surface area contributed by atoms with Crippen molar-refractivity contribution in [3.63, 3.8) is 0 Å². The number of amides is 2. The van der Waals surface area contributed by atoms with Crippen LogP contribution in [-0.4, -0.2) is 72.1 Å². The van der Waals surface area contributed by atoms with Gasteiger partial charge in [0.2, 0.25) is 15.9 Å². The van der Waals surface area contributed by atoms with E-state index in [1.165, 1.54) is 29.7 Å². The normalized spacial score (nSPS) is 14.3. The summed E-state index contributed by atoms with van der Waals surface area (Å²) in [7, 11) is -2.30. The molecule has 0 aliphatic carbocycles. The van der Waals surface area contributed by atoms with E-state index >= 15 is 4.39 Å². The number of aryl methyl sites for hydroxylation is 1. The Balaban J connectivity index is 1.53. The summed E-state index contributed by atoms with van der Waals surface area (Å²) in [6.07, 6.45) is 0.851. The molecular formula is C31H33ClFN7O5S. The van der Waals surface area contributed by atoms with Crippen molar-refractivity contribution in [2.45, 2.75) is 26.8 Å². The van der Waals surface area contributed by atoms with Gasteiger partial charge in [-0.15, -0.1) is 0 Å². The maximum atomic E-state index is 15.5. The van der Waals surface area contributed by atoms with Gasteiger partial charge in [-0.05, 0) is 55.8 Å². The monoisotopic (exact) mass is 669 g/mol. The van der Waals surface area contributed by atoms with E-state index in [2.05, 4.69) is 10.3 Å². The molecule has 1 aliphatic rings. The lowest BCUT2D eigenvalue weighted by Crippen LogP contribution is -2.48. The summed E-state index contributed by atoms with van der Waals surface area (Å²) >= 11 is 6.02. The molecule has 15 heteroatoms. The number of sulfonamides is 1. The van der Waals surface area contributed by atoms with Crippen LogP contribution in [0.1, 0.15) is 41.5 Å². The number of nitrogens with one attached hydrogen (secondary N) is 2. The zero-order valence-corrected chi connectivity index (χ0v) is 27.5. The molecule has 5 rings (SSSR count). The highest BCUT2D eigenvalue weighted by Crippen LogP contribution is 2.31. The number of carbonyl (C=O) groups excluding carboxylic acids is 2. The molecule has 46 heavy (non-hydrogen) atoms. The smallest absolute Gasteiger partial charge is 0.285 e. The highest BCUT2D eigenvalue weighted by atomic mass is 35.5. The van der Waals surface area contributed by atoms with E-state index in [1.807, 2.05) is 22.6 Å². The molecule has 1 unspecified atom stereocenters. The van der Waals surface area contributed by atoms with Crippen LogP contribution < -0.4 is 20.5 Å². The maximum Gasteiger partial charge on any atom is 0.285 e. The second-order valence-electron chi connectivity index (χ2n) is 11.3. The summed E-state index contributed by atoms with van der Waals surface area (Å²) < 4.78 is 42.2. The molecule has 2 aromatic heterocycles. The van der Waals surface area contributed by atoms with Crippen molar-refractivity contribution in [2.24, 2.45) is 7.05 Å². The van der Waals surface area contributed by atoms with Gasteiger partial charge in [-0.25, -0.2) is 27.5 Å². The van der Waals surface area contributed by atoms with Crippen LogP contribution in [0.4, 0.5) is 15.8 Å². The number of carbonyl (C=O) groups is 2.